The van der Waals surface area contributed by atoms with Gasteiger partial charge in [-0.2, -0.15) is 13.2 Å². The van der Waals surface area contributed by atoms with Gasteiger partial charge in [0.05, 0.1) is 13.0 Å². The number of ether oxygens (including phenoxy) is 1. The number of nitrogens with one attached hydrogen (secondary N) is 1. The Labute approximate surface area is 118 Å². The van der Waals surface area contributed by atoms with Crippen LogP contribution in [0.2, 0.25) is 0 Å². The van der Waals surface area contributed by atoms with Crippen molar-refractivity contribution in [1.29, 1.82) is 0 Å². The van der Waals surface area contributed by atoms with Crippen molar-refractivity contribution in [1.82, 2.24) is 5.32 Å². The zero-order valence-corrected chi connectivity index (χ0v) is 12.0. The van der Waals surface area contributed by atoms with E-state index in [1.807, 2.05) is 24.3 Å². The molecule has 0 atom stereocenters. The van der Waals surface area contributed by atoms with Crippen LogP contribution in [0.15, 0.2) is 24.3 Å². The van der Waals surface area contributed by atoms with E-state index in [9.17, 15) is 13.2 Å². The van der Waals surface area contributed by atoms with Gasteiger partial charge in [0.15, 0.2) is 0 Å². The zero-order chi connectivity index (χ0) is 15.0. The van der Waals surface area contributed by atoms with Crippen LogP contribution in [0.25, 0.3) is 0 Å². The molecular formula is C15H22F3NO. The summed E-state index contributed by atoms with van der Waals surface area (Å²) >= 11 is 0. The third-order valence-corrected chi connectivity index (χ3v) is 2.80. The van der Waals surface area contributed by atoms with Gasteiger partial charge in [0, 0.05) is 13.1 Å². The van der Waals surface area contributed by atoms with Crippen LogP contribution in [-0.2, 0) is 6.54 Å². The second-order valence-corrected chi connectivity index (χ2v) is 5.22. The molecule has 0 saturated heterocycles. The van der Waals surface area contributed by atoms with Crippen molar-refractivity contribution in [2.45, 2.75) is 39.4 Å². The summed E-state index contributed by atoms with van der Waals surface area (Å²) in [6.45, 7) is 5.33. The molecule has 0 radical (unpaired) electrons. The van der Waals surface area contributed by atoms with Crippen LogP contribution in [0.1, 0.15) is 32.3 Å². The largest absolute Gasteiger partial charge is 0.494 e. The third kappa shape index (κ3) is 8.04. The van der Waals surface area contributed by atoms with Gasteiger partial charge < -0.3 is 10.1 Å². The zero-order valence-electron chi connectivity index (χ0n) is 12.0. The molecule has 0 spiro atoms. The molecule has 0 unspecified atom stereocenters. The Kier molecular flexibility index (Phi) is 6.85. The molecule has 0 fully saturated rings. The smallest absolute Gasteiger partial charge is 0.390 e. The summed E-state index contributed by atoms with van der Waals surface area (Å²) in [4.78, 5) is 0. The molecule has 2 nitrogen and oxygen atoms in total. The number of benzene rings is 1. The lowest BCUT2D eigenvalue weighted by atomic mass is 10.1. The van der Waals surface area contributed by atoms with Crippen molar-refractivity contribution < 1.29 is 17.9 Å². The van der Waals surface area contributed by atoms with E-state index in [1.54, 1.807) is 0 Å². The molecule has 0 aliphatic carbocycles. The summed E-state index contributed by atoms with van der Waals surface area (Å²) in [5, 5.41) is 2.77. The van der Waals surface area contributed by atoms with Crippen molar-refractivity contribution in [2.24, 2.45) is 5.92 Å². The monoisotopic (exact) mass is 289 g/mol. The summed E-state index contributed by atoms with van der Waals surface area (Å²) in [6, 6.07) is 7.43. The molecule has 0 bridgehead atoms. The van der Waals surface area contributed by atoms with Gasteiger partial charge in [-0.15, -0.1) is 0 Å². The fourth-order valence-electron chi connectivity index (χ4n) is 1.58. The molecule has 0 aliphatic heterocycles. The molecule has 20 heavy (non-hydrogen) atoms. The van der Waals surface area contributed by atoms with E-state index in [0.717, 1.165) is 17.7 Å². The Morgan fingerprint density at radius 1 is 1.15 bits per heavy atom. The van der Waals surface area contributed by atoms with Crippen molar-refractivity contribution in [3.8, 4) is 5.75 Å². The first-order chi connectivity index (χ1) is 9.37. The fourth-order valence-corrected chi connectivity index (χ4v) is 1.58. The van der Waals surface area contributed by atoms with Crippen LogP contribution in [-0.4, -0.2) is 19.3 Å². The number of halogens is 3. The second-order valence-electron chi connectivity index (χ2n) is 5.22. The first-order valence-electron chi connectivity index (χ1n) is 6.86. The Morgan fingerprint density at radius 3 is 2.35 bits per heavy atom. The maximum absolute atomic E-state index is 12.0. The lowest BCUT2D eigenvalue weighted by Gasteiger charge is -2.10. The minimum Gasteiger partial charge on any atom is -0.494 e. The fraction of sp³-hybridized carbons (Fsp3) is 0.600. The number of alkyl halides is 3. The second kappa shape index (κ2) is 8.15. The summed E-state index contributed by atoms with van der Waals surface area (Å²) in [6.07, 6.45) is -3.90. The highest BCUT2D eigenvalue weighted by atomic mass is 19.4. The van der Waals surface area contributed by atoms with Crippen molar-refractivity contribution >= 4 is 0 Å². The van der Waals surface area contributed by atoms with Gasteiger partial charge in [-0.05, 0) is 30.0 Å². The predicted molar refractivity (Wildman–Crippen MR) is 73.8 cm³/mol. The van der Waals surface area contributed by atoms with Gasteiger partial charge in [-0.3, -0.25) is 0 Å². The molecule has 114 valence electrons. The predicted octanol–water partition coefficient (Wildman–Crippen LogP) is 4.15. The Balaban J connectivity index is 2.25. The quantitative estimate of drug-likeness (QED) is 0.726. The Hall–Kier alpha value is -1.23. The topological polar surface area (TPSA) is 21.3 Å². The van der Waals surface area contributed by atoms with Crippen LogP contribution in [0.4, 0.5) is 13.2 Å². The van der Waals surface area contributed by atoms with Crippen LogP contribution >= 0.6 is 0 Å². The molecule has 1 N–H and O–H groups in total. The standard InChI is InChI=1S/C15H22F3NO/c1-12(2)7-10-20-14-5-3-13(4-6-14)11-19-9-8-15(16,17)18/h3-6,12,19H,7-11H2,1-2H3. The van der Waals surface area contributed by atoms with Gasteiger partial charge >= 0.3 is 6.18 Å². The van der Waals surface area contributed by atoms with E-state index < -0.39 is 12.6 Å². The average molecular weight is 289 g/mol. The lowest BCUT2D eigenvalue weighted by molar-refractivity contribution is -0.133. The van der Waals surface area contributed by atoms with E-state index >= 15 is 0 Å². The molecule has 1 aromatic carbocycles. The molecule has 0 saturated carbocycles. The lowest BCUT2D eigenvalue weighted by Crippen LogP contribution is -2.21. The molecule has 5 heteroatoms. The summed E-state index contributed by atoms with van der Waals surface area (Å²) < 4.78 is 41.4. The van der Waals surface area contributed by atoms with Crippen LogP contribution in [0.5, 0.6) is 5.75 Å². The number of hydrogen-bond donors (Lipinski definition) is 1. The van der Waals surface area contributed by atoms with E-state index in [2.05, 4.69) is 19.2 Å². The number of hydrogen-bond acceptors (Lipinski definition) is 2. The molecule has 0 aliphatic rings. The Morgan fingerprint density at radius 2 is 1.80 bits per heavy atom. The average Bonchev–Trinajstić information content (AvgIpc) is 2.35. The highest BCUT2D eigenvalue weighted by molar-refractivity contribution is 5.27. The molecule has 1 aromatic rings. The van der Waals surface area contributed by atoms with E-state index in [1.165, 1.54) is 0 Å². The van der Waals surface area contributed by atoms with E-state index in [4.69, 9.17) is 4.74 Å². The first kappa shape index (κ1) is 16.8. The highest BCUT2D eigenvalue weighted by Gasteiger charge is 2.25. The van der Waals surface area contributed by atoms with Crippen LogP contribution in [0, 0.1) is 5.92 Å². The SMILES string of the molecule is CC(C)CCOc1ccc(CNCCC(F)(F)F)cc1. The van der Waals surface area contributed by atoms with Gasteiger partial charge in [-0.1, -0.05) is 26.0 Å². The van der Waals surface area contributed by atoms with Gasteiger partial charge in [-0.25, -0.2) is 0 Å². The van der Waals surface area contributed by atoms with E-state index in [-0.39, 0.29) is 6.54 Å². The van der Waals surface area contributed by atoms with Gasteiger partial charge in [0.2, 0.25) is 0 Å². The first-order valence-corrected chi connectivity index (χ1v) is 6.86. The normalized spacial score (nSPS) is 11.9. The van der Waals surface area contributed by atoms with Crippen LogP contribution < -0.4 is 10.1 Å². The van der Waals surface area contributed by atoms with Gasteiger partial charge in [0.1, 0.15) is 5.75 Å². The Bertz CT molecular complexity index is 374. The molecule has 1 rings (SSSR count). The molecule has 0 aromatic heterocycles. The van der Waals surface area contributed by atoms with Gasteiger partial charge in [0.25, 0.3) is 0 Å². The maximum atomic E-state index is 12.0. The van der Waals surface area contributed by atoms with Crippen molar-refractivity contribution in [3.05, 3.63) is 29.8 Å². The van der Waals surface area contributed by atoms with Crippen molar-refractivity contribution in [3.63, 3.8) is 0 Å². The van der Waals surface area contributed by atoms with Crippen molar-refractivity contribution in [2.75, 3.05) is 13.2 Å². The number of rotatable bonds is 8. The summed E-state index contributed by atoms with van der Waals surface area (Å²) in [5.41, 5.74) is 0.948. The minimum atomic E-state index is -4.10. The third-order valence-electron chi connectivity index (χ3n) is 2.80. The molecular weight excluding hydrogens is 267 g/mol. The summed E-state index contributed by atoms with van der Waals surface area (Å²) in [7, 11) is 0. The summed E-state index contributed by atoms with van der Waals surface area (Å²) in [5.74, 6) is 1.40. The van der Waals surface area contributed by atoms with E-state index in [0.29, 0.717) is 19.1 Å². The minimum absolute atomic E-state index is 0.0594. The molecule has 0 heterocycles. The highest BCUT2D eigenvalue weighted by Crippen LogP contribution is 2.18. The van der Waals surface area contributed by atoms with Crippen LogP contribution in [0.3, 0.4) is 0 Å². The maximum Gasteiger partial charge on any atom is 0.390 e. The molecule has 0 amide bonds.